The molecule has 0 unspecified atom stereocenters. The SMILES string of the molecule is Cc1ccc2onc(Br)c2c1. The number of hydrogen-bond acceptors (Lipinski definition) is 2. The fraction of sp³-hybridized carbons (Fsp3) is 0.125. The van der Waals surface area contributed by atoms with Gasteiger partial charge in [0.15, 0.2) is 10.2 Å². The zero-order chi connectivity index (χ0) is 7.84. The maximum absolute atomic E-state index is 5.01. The molecule has 0 saturated heterocycles. The fourth-order valence-electron chi connectivity index (χ4n) is 1.02. The lowest BCUT2D eigenvalue weighted by Crippen LogP contribution is -1.69. The molecule has 0 saturated carbocycles. The number of hydrogen-bond donors (Lipinski definition) is 0. The average Bonchev–Trinajstić information content (AvgIpc) is 2.33. The van der Waals surface area contributed by atoms with Crippen LogP contribution in [-0.2, 0) is 0 Å². The summed E-state index contributed by atoms with van der Waals surface area (Å²) in [6.45, 7) is 2.04. The number of nitrogens with zero attached hydrogens (tertiary/aromatic N) is 1. The summed E-state index contributed by atoms with van der Waals surface area (Å²) in [4.78, 5) is 0. The summed E-state index contributed by atoms with van der Waals surface area (Å²) >= 11 is 3.30. The number of halogens is 1. The van der Waals surface area contributed by atoms with Crippen molar-refractivity contribution in [3.05, 3.63) is 28.4 Å². The van der Waals surface area contributed by atoms with Crippen molar-refractivity contribution in [2.24, 2.45) is 0 Å². The van der Waals surface area contributed by atoms with Crippen LogP contribution in [0.2, 0.25) is 0 Å². The van der Waals surface area contributed by atoms with Crippen LogP contribution < -0.4 is 0 Å². The first-order valence-corrected chi connectivity index (χ1v) is 4.08. The quantitative estimate of drug-likeness (QED) is 0.670. The molecule has 2 nitrogen and oxygen atoms in total. The summed E-state index contributed by atoms with van der Waals surface area (Å²) in [5.74, 6) is 0. The van der Waals surface area contributed by atoms with Crippen LogP contribution in [0.25, 0.3) is 11.0 Å². The van der Waals surface area contributed by atoms with E-state index >= 15 is 0 Å². The summed E-state index contributed by atoms with van der Waals surface area (Å²) in [7, 11) is 0. The third-order valence-corrected chi connectivity index (χ3v) is 2.15. The van der Waals surface area contributed by atoms with E-state index in [0.29, 0.717) is 0 Å². The lowest BCUT2D eigenvalue weighted by atomic mass is 10.2. The van der Waals surface area contributed by atoms with Crippen molar-refractivity contribution in [1.29, 1.82) is 0 Å². The minimum atomic E-state index is 0.774. The Kier molecular flexibility index (Phi) is 1.46. The smallest absolute Gasteiger partial charge is 0.168 e. The van der Waals surface area contributed by atoms with Gasteiger partial charge in [0.1, 0.15) is 0 Å². The normalized spacial score (nSPS) is 10.7. The highest BCUT2D eigenvalue weighted by molar-refractivity contribution is 9.10. The molecule has 0 bridgehead atoms. The number of benzene rings is 1. The number of rotatable bonds is 0. The van der Waals surface area contributed by atoms with Crippen LogP contribution in [0.5, 0.6) is 0 Å². The molecule has 0 aliphatic heterocycles. The Morgan fingerprint density at radius 3 is 3.09 bits per heavy atom. The standard InChI is InChI=1S/C8H6BrNO/c1-5-2-3-7-6(4-5)8(9)10-11-7/h2-4H,1H3. The second-order valence-corrected chi connectivity index (χ2v) is 3.22. The second-order valence-electron chi connectivity index (χ2n) is 2.47. The molecule has 1 aromatic carbocycles. The summed E-state index contributed by atoms with van der Waals surface area (Å²) in [6.07, 6.45) is 0. The third kappa shape index (κ3) is 1.05. The van der Waals surface area contributed by atoms with E-state index in [-0.39, 0.29) is 0 Å². The molecule has 0 aliphatic carbocycles. The van der Waals surface area contributed by atoms with Crippen molar-refractivity contribution in [3.63, 3.8) is 0 Å². The maximum Gasteiger partial charge on any atom is 0.168 e. The van der Waals surface area contributed by atoms with E-state index in [1.807, 2.05) is 25.1 Å². The van der Waals surface area contributed by atoms with Gasteiger partial charge in [-0.15, -0.1) is 0 Å². The van der Waals surface area contributed by atoms with E-state index in [1.165, 1.54) is 5.56 Å². The Morgan fingerprint density at radius 1 is 1.45 bits per heavy atom. The van der Waals surface area contributed by atoms with Gasteiger partial charge in [0.25, 0.3) is 0 Å². The van der Waals surface area contributed by atoms with E-state index in [2.05, 4.69) is 21.1 Å². The molecule has 0 spiro atoms. The van der Waals surface area contributed by atoms with Crippen molar-refractivity contribution in [3.8, 4) is 0 Å². The van der Waals surface area contributed by atoms with Crippen molar-refractivity contribution < 1.29 is 4.52 Å². The number of aryl methyl sites for hydroxylation is 1. The lowest BCUT2D eigenvalue weighted by molar-refractivity contribution is 0.451. The van der Waals surface area contributed by atoms with Crippen molar-refractivity contribution in [2.75, 3.05) is 0 Å². The topological polar surface area (TPSA) is 26.0 Å². The van der Waals surface area contributed by atoms with E-state index < -0.39 is 0 Å². The molecule has 0 amide bonds. The van der Waals surface area contributed by atoms with Gasteiger partial charge in [-0.25, -0.2) is 0 Å². The number of fused-ring (bicyclic) bond motifs is 1. The molecule has 3 heteroatoms. The van der Waals surface area contributed by atoms with E-state index in [4.69, 9.17) is 4.52 Å². The Labute approximate surface area is 72.3 Å². The number of aromatic nitrogens is 1. The van der Waals surface area contributed by atoms with Gasteiger partial charge in [-0.1, -0.05) is 16.8 Å². The van der Waals surface area contributed by atoms with Crippen LogP contribution in [0, 0.1) is 6.92 Å². The van der Waals surface area contributed by atoms with Crippen LogP contribution in [0.3, 0.4) is 0 Å². The molecule has 1 aromatic heterocycles. The zero-order valence-corrected chi connectivity index (χ0v) is 7.55. The van der Waals surface area contributed by atoms with Crippen LogP contribution in [-0.4, -0.2) is 5.16 Å². The molecule has 0 radical (unpaired) electrons. The van der Waals surface area contributed by atoms with Gasteiger partial charge >= 0.3 is 0 Å². The Morgan fingerprint density at radius 2 is 2.27 bits per heavy atom. The molecule has 0 N–H and O–H groups in total. The monoisotopic (exact) mass is 211 g/mol. The first kappa shape index (κ1) is 6.85. The second kappa shape index (κ2) is 2.34. The van der Waals surface area contributed by atoms with Gasteiger partial charge in [0, 0.05) is 0 Å². The average molecular weight is 212 g/mol. The van der Waals surface area contributed by atoms with Crippen LogP contribution in [0.1, 0.15) is 5.56 Å². The predicted molar refractivity (Wildman–Crippen MR) is 46.4 cm³/mol. The highest BCUT2D eigenvalue weighted by Crippen LogP contribution is 2.23. The zero-order valence-electron chi connectivity index (χ0n) is 5.97. The van der Waals surface area contributed by atoms with Gasteiger partial charge < -0.3 is 4.52 Å². The third-order valence-electron chi connectivity index (χ3n) is 1.58. The van der Waals surface area contributed by atoms with Gasteiger partial charge in [0.2, 0.25) is 0 Å². The first-order valence-electron chi connectivity index (χ1n) is 3.29. The largest absolute Gasteiger partial charge is 0.355 e. The van der Waals surface area contributed by atoms with Crippen LogP contribution in [0.4, 0.5) is 0 Å². The van der Waals surface area contributed by atoms with Gasteiger partial charge in [-0.05, 0) is 35.0 Å². The molecule has 2 aromatic rings. The van der Waals surface area contributed by atoms with Crippen molar-refractivity contribution in [2.45, 2.75) is 6.92 Å². The molecule has 0 fully saturated rings. The van der Waals surface area contributed by atoms with E-state index in [9.17, 15) is 0 Å². The Balaban J connectivity index is 2.87. The Hall–Kier alpha value is -0.830. The highest BCUT2D eigenvalue weighted by atomic mass is 79.9. The summed E-state index contributed by atoms with van der Waals surface area (Å²) in [5, 5.41) is 4.81. The molecular formula is C8H6BrNO. The summed E-state index contributed by atoms with van der Waals surface area (Å²) < 4.78 is 5.78. The van der Waals surface area contributed by atoms with Crippen molar-refractivity contribution in [1.82, 2.24) is 5.16 Å². The van der Waals surface area contributed by atoms with Crippen LogP contribution >= 0.6 is 15.9 Å². The lowest BCUT2D eigenvalue weighted by Gasteiger charge is -1.88. The molecule has 11 heavy (non-hydrogen) atoms. The minimum Gasteiger partial charge on any atom is -0.355 e. The maximum atomic E-state index is 5.01. The van der Waals surface area contributed by atoms with Gasteiger partial charge in [-0.2, -0.15) is 0 Å². The molecule has 0 aliphatic rings. The molecular weight excluding hydrogens is 206 g/mol. The minimum absolute atomic E-state index is 0.774. The molecule has 0 atom stereocenters. The highest BCUT2D eigenvalue weighted by Gasteiger charge is 2.03. The van der Waals surface area contributed by atoms with E-state index in [0.717, 1.165) is 15.6 Å². The van der Waals surface area contributed by atoms with Crippen molar-refractivity contribution >= 4 is 26.9 Å². The van der Waals surface area contributed by atoms with Gasteiger partial charge in [0.05, 0.1) is 5.39 Å². The molecule has 2 rings (SSSR count). The van der Waals surface area contributed by atoms with E-state index in [1.54, 1.807) is 0 Å². The van der Waals surface area contributed by atoms with Crippen LogP contribution in [0.15, 0.2) is 27.3 Å². The summed E-state index contributed by atoms with van der Waals surface area (Å²) in [6, 6.07) is 5.96. The summed E-state index contributed by atoms with van der Waals surface area (Å²) in [5.41, 5.74) is 2.03. The first-order chi connectivity index (χ1) is 5.27. The molecule has 1 heterocycles. The Bertz CT molecular complexity index is 394. The van der Waals surface area contributed by atoms with Gasteiger partial charge in [-0.3, -0.25) is 0 Å². The molecule has 56 valence electrons. The fourth-order valence-corrected chi connectivity index (χ4v) is 1.41. The predicted octanol–water partition coefficient (Wildman–Crippen LogP) is 2.90.